The minimum absolute atomic E-state index is 0.245. The summed E-state index contributed by atoms with van der Waals surface area (Å²) in [6.07, 6.45) is 12.2. The molecule has 0 bridgehead atoms. The Kier molecular flexibility index (Phi) is 6.32. The van der Waals surface area contributed by atoms with Crippen molar-refractivity contribution in [3.8, 4) is 0 Å². The second-order valence-corrected chi connectivity index (χ2v) is 7.58. The molecule has 0 radical (unpaired) electrons. The van der Waals surface area contributed by atoms with Gasteiger partial charge in [-0.2, -0.15) is 0 Å². The first-order valence-electron chi connectivity index (χ1n) is 9.03. The molecule has 2 heteroatoms. The van der Waals surface area contributed by atoms with Gasteiger partial charge in [0.1, 0.15) is 0 Å². The van der Waals surface area contributed by atoms with Crippen LogP contribution in [0.3, 0.4) is 0 Å². The maximum absolute atomic E-state index is 12.6. The van der Waals surface area contributed by atoms with Gasteiger partial charge in [-0.15, -0.1) is 0 Å². The van der Waals surface area contributed by atoms with Gasteiger partial charge < -0.3 is 5.32 Å². The molecule has 1 saturated carbocycles. The van der Waals surface area contributed by atoms with Crippen molar-refractivity contribution in [2.45, 2.75) is 72.1 Å². The first-order chi connectivity index (χ1) is 10.1. The van der Waals surface area contributed by atoms with Crippen LogP contribution in [0.15, 0.2) is 11.6 Å². The summed E-state index contributed by atoms with van der Waals surface area (Å²) in [6, 6.07) is 0. The highest BCUT2D eigenvalue weighted by molar-refractivity contribution is 5.79. The largest absolute Gasteiger partial charge is 0.356 e. The molecular weight excluding hydrogens is 258 g/mol. The van der Waals surface area contributed by atoms with Crippen molar-refractivity contribution in [3.05, 3.63) is 11.6 Å². The lowest BCUT2D eigenvalue weighted by Gasteiger charge is -2.36. The Bertz CT molecular complexity index is 372. The average molecular weight is 291 g/mol. The van der Waals surface area contributed by atoms with E-state index in [-0.39, 0.29) is 5.92 Å². The molecule has 0 aromatic heterocycles. The number of rotatable bonds is 5. The highest BCUT2D eigenvalue weighted by Gasteiger charge is 2.35. The summed E-state index contributed by atoms with van der Waals surface area (Å²) >= 11 is 0. The minimum atomic E-state index is 0.245. The van der Waals surface area contributed by atoms with Crippen LogP contribution in [0.1, 0.15) is 72.1 Å². The number of nitrogens with one attached hydrogen (secondary N) is 1. The van der Waals surface area contributed by atoms with Crippen molar-refractivity contribution in [1.29, 1.82) is 0 Å². The number of carbonyl (C=O) groups excluding carboxylic acids is 1. The molecule has 3 atom stereocenters. The molecule has 2 aliphatic carbocycles. The molecule has 0 aliphatic heterocycles. The van der Waals surface area contributed by atoms with E-state index in [2.05, 4.69) is 32.2 Å². The SMILES string of the molecule is CC(C)C1CC[C@@H](C)CC1C(=O)NCCC1=CCCCC1. The molecule has 0 heterocycles. The van der Waals surface area contributed by atoms with E-state index in [1.165, 1.54) is 38.5 Å². The second-order valence-electron chi connectivity index (χ2n) is 7.58. The van der Waals surface area contributed by atoms with Gasteiger partial charge in [0, 0.05) is 12.5 Å². The van der Waals surface area contributed by atoms with Crippen LogP contribution in [-0.2, 0) is 4.79 Å². The standard InChI is InChI=1S/C19H33NO/c1-14(2)17-10-9-15(3)13-18(17)19(21)20-12-11-16-7-5-4-6-8-16/h7,14-15,17-18H,4-6,8-13H2,1-3H3,(H,20,21)/t15-,17?,18?/m1/s1. The molecule has 0 aromatic rings. The molecule has 1 fully saturated rings. The maximum atomic E-state index is 12.6. The van der Waals surface area contributed by atoms with Gasteiger partial charge in [-0.1, -0.05) is 38.8 Å². The van der Waals surface area contributed by atoms with E-state index in [9.17, 15) is 4.79 Å². The minimum Gasteiger partial charge on any atom is -0.356 e. The molecule has 0 saturated heterocycles. The van der Waals surface area contributed by atoms with E-state index < -0.39 is 0 Å². The van der Waals surface area contributed by atoms with Crippen LogP contribution < -0.4 is 5.32 Å². The van der Waals surface area contributed by atoms with Gasteiger partial charge in [-0.25, -0.2) is 0 Å². The Labute approximate surface area is 130 Å². The quantitative estimate of drug-likeness (QED) is 0.731. The topological polar surface area (TPSA) is 29.1 Å². The van der Waals surface area contributed by atoms with Gasteiger partial charge in [0.2, 0.25) is 5.91 Å². The third kappa shape index (κ3) is 4.86. The number of allylic oxidation sites excluding steroid dienone is 1. The monoisotopic (exact) mass is 291 g/mol. The van der Waals surface area contributed by atoms with Crippen molar-refractivity contribution in [2.75, 3.05) is 6.54 Å². The van der Waals surface area contributed by atoms with E-state index in [4.69, 9.17) is 0 Å². The predicted molar refractivity (Wildman–Crippen MR) is 89.0 cm³/mol. The zero-order valence-corrected chi connectivity index (χ0v) is 14.2. The number of hydrogen-bond acceptors (Lipinski definition) is 1. The van der Waals surface area contributed by atoms with Crippen molar-refractivity contribution >= 4 is 5.91 Å². The molecule has 2 rings (SSSR count). The van der Waals surface area contributed by atoms with Crippen LogP contribution in [0.2, 0.25) is 0 Å². The van der Waals surface area contributed by atoms with Crippen LogP contribution in [0.5, 0.6) is 0 Å². The summed E-state index contributed by atoms with van der Waals surface area (Å²) in [5, 5.41) is 3.23. The van der Waals surface area contributed by atoms with Crippen molar-refractivity contribution < 1.29 is 4.79 Å². The lowest BCUT2D eigenvalue weighted by molar-refractivity contribution is -0.129. The third-order valence-corrected chi connectivity index (χ3v) is 5.49. The molecule has 2 aliphatic rings. The average Bonchev–Trinajstić information content (AvgIpc) is 2.47. The highest BCUT2D eigenvalue weighted by Crippen LogP contribution is 2.38. The summed E-state index contributed by atoms with van der Waals surface area (Å²) in [5.41, 5.74) is 1.55. The van der Waals surface area contributed by atoms with Crippen molar-refractivity contribution in [1.82, 2.24) is 5.32 Å². The molecular formula is C19H33NO. The Hall–Kier alpha value is -0.790. The summed E-state index contributed by atoms with van der Waals surface area (Å²) < 4.78 is 0. The smallest absolute Gasteiger partial charge is 0.223 e. The number of amides is 1. The first-order valence-corrected chi connectivity index (χ1v) is 9.03. The predicted octanol–water partition coefficient (Wildman–Crippen LogP) is 4.70. The van der Waals surface area contributed by atoms with E-state index in [0.29, 0.717) is 23.7 Å². The van der Waals surface area contributed by atoms with E-state index in [0.717, 1.165) is 19.4 Å². The van der Waals surface area contributed by atoms with Gasteiger partial charge in [-0.3, -0.25) is 4.79 Å². The molecule has 1 amide bonds. The Balaban J connectivity index is 1.81. The van der Waals surface area contributed by atoms with E-state index in [1.807, 2.05) is 0 Å². The lowest BCUT2D eigenvalue weighted by Crippen LogP contribution is -2.40. The molecule has 0 aromatic carbocycles. The lowest BCUT2D eigenvalue weighted by atomic mass is 9.70. The summed E-state index contributed by atoms with van der Waals surface area (Å²) in [6.45, 7) is 7.67. The third-order valence-electron chi connectivity index (χ3n) is 5.49. The normalized spacial score (nSPS) is 30.1. The van der Waals surface area contributed by atoms with E-state index in [1.54, 1.807) is 5.57 Å². The Morgan fingerprint density at radius 1 is 1.33 bits per heavy atom. The number of carbonyl (C=O) groups is 1. The number of hydrogen-bond donors (Lipinski definition) is 1. The van der Waals surface area contributed by atoms with Crippen LogP contribution in [0.4, 0.5) is 0 Å². The summed E-state index contributed by atoms with van der Waals surface area (Å²) in [7, 11) is 0. The zero-order chi connectivity index (χ0) is 15.2. The molecule has 21 heavy (non-hydrogen) atoms. The van der Waals surface area contributed by atoms with Crippen LogP contribution in [-0.4, -0.2) is 12.5 Å². The molecule has 0 spiro atoms. The molecule has 2 unspecified atom stereocenters. The van der Waals surface area contributed by atoms with Crippen LogP contribution in [0.25, 0.3) is 0 Å². The molecule has 120 valence electrons. The van der Waals surface area contributed by atoms with Gasteiger partial charge in [-0.05, 0) is 62.7 Å². The zero-order valence-electron chi connectivity index (χ0n) is 14.2. The first kappa shape index (κ1) is 16.6. The fourth-order valence-corrected chi connectivity index (χ4v) is 4.11. The fraction of sp³-hybridized carbons (Fsp3) is 0.842. The summed E-state index contributed by atoms with van der Waals surface area (Å²) in [5.74, 6) is 2.46. The molecule has 1 N–H and O–H groups in total. The summed E-state index contributed by atoms with van der Waals surface area (Å²) in [4.78, 5) is 12.6. The van der Waals surface area contributed by atoms with E-state index >= 15 is 0 Å². The maximum Gasteiger partial charge on any atom is 0.223 e. The Morgan fingerprint density at radius 2 is 2.14 bits per heavy atom. The second kappa shape index (κ2) is 8.00. The van der Waals surface area contributed by atoms with Gasteiger partial charge in [0.15, 0.2) is 0 Å². The van der Waals surface area contributed by atoms with Gasteiger partial charge in [0.25, 0.3) is 0 Å². The fourth-order valence-electron chi connectivity index (χ4n) is 4.11. The molecule has 2 nitrogen and oxygen atoms in total. The van der Waals surface area contributed by atoms with Crippen molar-refractivity contribution in [3.63, 3.8) is 0 Å². The van der Waals surface area contributed by atoms with Gasteiger partial charge in [0.05, 0.1) is 0 Å². The van der Waals surface area contributed by atoms with Crippen LogP contribution in [0, 0.1) is 23.7 Å². The van der Waals surface area contributed by atoms with Crippen LogP contribution >= 0.6 is 0 Å². The Morgan fingerprint density at radius 3 is 2.81 bits per heavy atom. The van der Waals surface area contributed by atoms with Gasteiger partial charge >= 0.3 is 0 Å². The highest BCUT2D eigenvalue weighted by atomic mass is 16.1. The van der Waals surface area contributed by atoms with Crippen molar-refractivity contribution in [2.24, 2.45) is 23.7 Å².